The van der Waals surface area contributed by atoms with E-state index in [0.717, 1.165) is 18.7 Å². The quantitative estimate of drug-likeness (QED) is 0.839. The topological polar surface area (TPSA) is 82.0 Å². The number of anilines is 1. The molecule has 2 aromatic heterocycles. The van der Waals surface area contributed by atoms with Crippen LogP contribution in [0.25, 0.3) is 5.65 Å². The van der Waals surface area contributed by atoms with Crippen LogP contribution in [0, 0.1) is 0 Å². The Labute approximate surface area is 93.9 Å². The second kappa shape index (κ2) is 3.70. The van der Waals surface area contributed by atoms with E-state index in [-0.39, 0.29) is 5.41 Å². The predicted molar refractivity (Wildman–Crippen MR) is 60.9 cm³/mol. The Morgan fingerprint density at radius 1 is 1.38 bits per heavy atom. The molecule has 0 bridgehead atoms. The van der Waals surface area contributed by atoms with Gasteiger partial charge in [0.15, 0.2) is 11.6 Å². The first-order chi connectivity index (χ1) is 7.56. The van der Waals surface area contributed by atoms with E-state index in [2.05, 4.69) is 41.1 Å². The number of nitrogens with two attached hydrogens (primary N) is 1. The summed E-state index contributed by atoms with van der Waals surface area (Å²) in [5, 5.41) is 12.4. The molecule has 0 aromatic carbocycles. The van der Waals surface area contributed by atoms with Gasteiger partial charge in [0.05, 0.1) is 0 Å². The minimum Gasteiger partial charge on any atom is -0.380 e. The molecule has 6 heteroatoms. The van der Waals surface area contributed by atoms with Crippen molar-refractivity contribution in [1.29, 1.82) is 0 Å². The highest BCUT2D eigenvalue weighted by Crippen LogP contribution is 2.26. The van der Waals surface area contributed by atoms with Crippen molar-refractivity contribution >= 4 is 11.5 Å². The van der Waals surface area contributed by atoms with E-state index in [1.54, 1.807) is 4.52 Å². The molecular weight excluding hydrogens is 204 g/mol. The fraction of sp³-hybridized carbons (Fsp3) is 0.600. The fourth-order valence-corrected chi connectivity index (χ4v) is 1.91. The van der Waals surface area contributed by atoms with Crippen LogP contribution in [0.5, 0.6) is 0 Å². The summed E-state index contributed by atoms with van der Waals surface area (Å²) in [6.45, 7) is 6.41. The van der Waals surface area contributed by atoms with Crippen LogP contribution in [-0.2, 0) is 5.41 Å². The summed E-state index contributed by atoms with van der Waals surface area (Å²) in [6, 6.07) is 0. The molecule has 2 aromatic rings. The maximum Gasteiger partial charge on any atom is 0.220 e. The molecule has 0 aliphatic heterocycles. The molecule has 2 rings (SSSR count). The lowest BCUT2D eigenvalue weighted by atomic mass is 9.87. The molecule has 0 fully saturated rings. The van der Waals surface area contributed by atoms with E-state index in [1.807, 2.05) is 0 Å². The van der Waals surface area contributed by atoms with E-state index in [0.29, 0.717) is 11.5 Å². The van der Waals surface area contributed by atoms with Gasteiger partial charge >= 0.3 is 0 Å². The molecule has 0 saturated heterocycles. The van der Waals surface area contributed by atoms with Gasteiger partial charge in [-0.25, -0.2) is 4.98 Å². The van der Waals surface area contributed by atoms with Gasteiger partial charge in [0.25, 0.3) is 0 Å². The highest BCUT2D eigenvalue weighted by molar-refractivity contribution is 5.57. The highest BCUT2D eigenvalue weighted by Gasteiger charge is 2.26. The number of hydrogen-bond donors (Lipinski definition) is 1. The average Bonchev–Trinajstić information content (AvgIpc) is 2.63. The monoisotopic (exact) mass is 220 g/mol. The normalized spacial score (nSPS) is 12.2. The van der Waals surface area contributed by atoms with E-state index < -0.39 is 0 Å². The minimum atomic E-state index is -0.0606. The predicted octanol–water partition coefficient (Wildman–Crippen LogP) is 1.18. The second-order valence-electron chi connectivity index (χ2n) is 4.54. The summed E-state index contributed by atoms with van der Waals surface area (Å²) >= 11 is 0. The molecule has 0 atom stereocenters. The molecule has 2 N–H and O–H groups in total. The summed E-state index contributed by atoms with van der Waals surface area (Å²) in [7, 11) is 0. The van der Waals surface area contributed by atoms with Gasteiger partial charge in [-0.1, -0.05) is 27.2 Å². The van der Waals surface area contributed by atoms with Crippen molar-refractivity contribution in [1.82, 2.24) is 24.8 Å². The number of rotatable bonds is 3. The number of aromatic nitrogens is 5. The lowest BCUT2D eigenvalue weighted by Gasteiger charge is -2.20. The van der Waals surface area contributed by atoms with E-state index in [1.165, 1.54) is 6.33 Å². The molecule has 2 heterocycles. The number of nitrogens with zero attached hydrogens (tertiary/aromatic N) is 5. The van der Waals surface area contributed by atoms with Crippen LogP contribution in [0.2, 0.25) is 0 Å². The minimum absolute atomic E-state index is 0.0606. The Morgan fingerprint density at radius 2 is 2.12 bits per heavy atom. The van der Waals surface area contributed by atoms with Crippen LogP contribution < -0.4 is 5.73 Å². The van der Waals surface area contributed by atoms with Crippen LogP contribution in [0.3, 0.4) is 0 Å². The van der Waals surface area contributed by atoms with Gasteiger partial charge in [-0.3, -0.25) is 0 Å². The summed E-state index contributed by atoms with van der Waals surface area (Å²) in [5.74, 6) is 1.19. The summed E-state index contributed by atoms with van der Waals surface area (Å²) in [4.78, 5) is 3.89. The van der Waals surface area contributed by atoms with Crippen molar-refractivity contribution in [3.8, 4) is 0 Å². The number of hydrogen-bond acceptors (Lipinski definition) is 5. The van der Waals surface area contributed by atoms with Gasteiger partial charge in [-0.15, -0.1) is 10.2 Å². The largest absolute Gasteiger partial charge is 0.380 e. The molecule has 0 amide bonds. The van der Waals surface area contributed by atoms with Crippen molar-refractivity contribution in [3.63, 3.8) is 0 Å². The highest BCUT2D eigenvalue weighted by atomic mass is 15.4. The van der Waals surface area contributed by atoms with E-state index >= 15 is 0 Å². The maximum atomic E-state index is 5.71. The van der Waals surface area contributed by atoms with Crippen molar-refractivity contribution in [2.24, 2.45) is 0 Å². The maximum absolute atomic E-state index is 5.71. The average molecular weight is 220 g/mol. The van der Waals surface area contributed by atoms with Gasteiger partial charge in [0.2, 0.25) is 5.65 Å². The van der Waals surface area contributed by atoms with Gasteiger partial charge in [-0.05, 0) is 6.42 Å². The Morgan fingerprint density at radius 3 is 2.81 bits per heavy atom. The number of fused-ring (bicyclic) bond motifs is 1. The zero-order valence-electron chi connectivity index (χ0n) is 9.80. The van der Waals surface area contributed by atoms with Crippen LogP contribution in [-0.4, -0.2) is 24.8 Å². The summed E-state index contributed by atoms with van der Waals surface area (Å²) in [6.07, 6.45) is 3.54. The van der Waals surface area contributed by atoms with Gasteiger partial charge in [-0.2, -0.15) is 9.61 Å². The Kier molecular flexibility index (Phi) is 2.49. The standard InChI is InChI=1S/C10H16N6/c1-4-5-10(2,3)9-15-14-8-7(11)12-6-13-16(8)9/h6H,4-5H2,1-3H3,(H2,11,12,13). The third-order valence-corrected chi connectivity index (χ3v) is 2.71. The number of nitrogen functional groups attached to an aromatic ring is 1. The van der Waals surface area contributed by atoms with Crippen molar-refractivity contribution in [3.05, 3.63) is 12.2 Å². The Hall–Kier alpha value is -1.72. The molecule has 86 valence electrons. The van der Waals surface area contributed by atoms with E-state index in [4.69, 9.17) is 5.73 Å². The molecule has 0 aliphatic carbocycles. The van der Waals surface area contributed by atoms with Crippen LogP contribution >= 0.6 is 0 Å². The molecule has 0 radical (unpaired) electrons. The zero-order valence-corrected chi connectivity index (χ0v) is 9.80. The van der Waals surface area contributed by atoms with Crippen molar-refractivity contribution < 1.29 is 0 Å². The summed E-state index contributed by atoms with van der Waals surface area (Å²) < 4.78 is 1.68. The van der Waals surface area contributed by atoms with Gasteiger partial charge < -0.3 is 5.73 Å². The molecule has 0 unspecified atom stereocenters. The van der Waals surface area contributed by atoms with E-state index in [9.17, 15) is 0 Å². The third kappa shape index (κ3) is 1.60. The molecule has 6 nitrogen and oxygen atoms in total. The molecule has 16 heavy (non-hydrogen) atoms. The second-order valence-corrected chi connectivity index (χ2v) is 4.54. The van der Waals surface area contributed by atoms with Crippen LogP contribution in [0.4, 0.5) is 5.82 Å². The first-order valence-electron chi connectivity index (χ1n) is 5.38. The van der Waals surface area contributed by atoms with Crippen molar-refractivity contribution in [2.75, 3.05) is 5.73 Å². The van der Waals surface area contributed by atoms with Crippen molar-refractivity contribution in [2.45, 2.75) is 39.0 Å². The lowest BCUT2D eigenvalue weighted by molar-refractivity contribution is 0.433. The first-order valence-corrected chi connectivity index (χ1v) is 5.38. The Balaban J connectivity index is 2.58. The van der Waals surface area contributed by atoms with Gasteiger partial charge in [0.1, 0.15) is 6.33 Å². The van der Waals surface area contributed by atoms with Crippen LogP contribution in [0.15, 0.2) is 6.33 Å². The molecular formula is C10H16N6. The molecule has 0 spiro atoms. The fourth-order valence-electron chi connectivity index (χ4n) is 1.91. The molecule has 0 saturated carbocycles. The zero-order chi connectivity index (χ0) is 11.8. The molecule has 0 aliphatic rings. The van der Waals surface area contributed by atoms with Gasteiger partial charge in [0, 0.05) is 5.41 Å². The summed E-state index contributed by atoms with van der Waals surface area (Å²) in [5.41, 5.74) is 6.18. The first kappa shape index (κ1) is 10.8. The Bertz CT molecular complexity index is 501. The lowest BCUT2D eigenvalue weighted by Crippen LogP contribution is -2.21. The van der Waals surface area contributed by atoms with Crippen LogP contribution in [0.1, 0.15) is 39.4 Å². The smallest absolute Gasteiger partial charge is 0.220 e. The third-order valence-electron chi connectivity index (χ3n) is 2.71. The SMILES string of the molecule is CCCC(C)(C)c1nnc2c(N)ncnn12.